The number of rotatable bonds is 5. The summed E-state index contributed by atoms with van der Waals surface area (Å²) in [6.45, 7) is 4.45. The summed E-state index contributed by atoms with van der Waals surface area (Å²) in [4.78, 5) is 12.7. The molecular formula is C18H26O3. The molecule has 2 rings (SSSR count). The van der Waals surface area contributed by atoms with Crippen LogP contribution in [0.25, 0.3) is 0 Å². The summed E-state index contributed by atoms with van der Waals surface area (Å²) in [5.41, 5.74) is 1.13. The highest BCUT2D eigenvalue weighted by Gasteiger charge is 2.36. The van der Waals surface area contributed by atoms with E-state index in [4.69, 9.17) is 9.47 Å². The van der Waals surface area contributed by atoms with E-state index < -0.39 is 0 Å². The number of hydrogen-bond donors (Lipinski definition) is 0. The second kappa shape index (κ2) is 6.50. The molecule has 1 unspecified atom stereocenters. The molecule has 0 saturated heterocycles. The molecule has 1 atom stereocenters. The van der Waals surface area contributed by atoms with Crippen LogP contribution in [-0.4, -0.2) is 20.0 Å². The molecule has 1 aliphatic carbocycles. The standard InChI is InChI=1S/C18H26O3/c1-18(2)10-6-5-7-14(18)15(19)11-13-8-9-16(20-3)17(12-13)21-4/h8-9,12,14H,5-7,10-11H2,1-4H3. The molecule has 0 amide bonds. The minimum absolute atomic E-state index is 0.131. The lowest BCUT2D eigenvalue weighted by molar-refractivity contribution is -0.127. The summed E-state index contributed by atoms with van der Waals surface area (Å²) in [6, 6.07) is 5.73. The van der Waals surface area contributed by atoms with Gasteiger partial charge in [-0.3, -0.25) is 4.79 Å². The van der Waals surface area contributed by atoms with E-state index in [0.717, 1.165) is 18.4 Å². The van der Waals surface area contributed by atoms with Gasteiger partial charge in [0.05, 0.1) is 14.2 Å². The first-order chi connectivity index (χ1) is 9.97. The number of ether oxygens (including phenoxy) is 2. The summed E-state index contributed by atoms with van der Waals surface area (Å²) in [6.07, 6.45) is 5.07. The zero-order valence-electron chi connectivity index (χ0n) is 13.6. The Balaban J connectivity index is 2.12. The molecule has 116 valence electrons. The Kier molecular flexibility index (Phi) is 4.92. The molecule has 3 nitrogen and oxygen atoms in total. The van der Waals surface area contributed by atoms with Crippen LogP contribution in [-0.2, 0) is 11.2 Å². The Bertz CT molecular complexity index is 505. The molecule has 0 heterocycles. The third kappa shape index (κ3) is 3.58. The van der Waals surface area contributed by atoms with E-state index in [0.29, 0.717) is 23.7 Å². The van der Waals surface area contributed by atoms with Gasteiger partial charge in [0.1, 0.15) is 5.78 Å². The minimum Gasteiger partial charge on any atom is -0.493 e. The topological polar surface area (TPSA) is 35.5 Å². The van der Waals surface area contributed by atoms with Gasteiger partial charge in [0.2, 0.25) is 0 Å². The second-order valence-electron chi connectivity index (χ2n) is 6.62. The first kappa shape index (κ1) is 15.9. The van der Waals surface area contributed by atoms with Crippen molar-refractivity contribution in [2.24, 2.45) is 11.3 Å². The van der Waals surface area contributed by atoms with Crippen LogP contribution in [0.15, 0.2) is 18.2 Å². The summed E-state index contributed by atoms with van der Waals surface area (Å²) < 4.78 is 10.5. The number of carbonyl (C=O) groups excluding carboxylic acids is 1. The molecule has 0 N–H and O–H groups in total. The van der Waals surface area contributed by atoms with Crippen molar-refractivity contribution in [3.63, 3.8) is 0 Å². The summed E-state index contributed by atoms with van der Waals surface area (Å²) in [5, 5.41) is 0. The number of ketones is 1. The SMILES string of the molecule is COc1ccc(CC(=O)C2CCCCC2(C)C)cc1OC. The van der Waals surface area contributed by atoms with Crippen molar-refractivity contribution >= 4 is 5.78 Å². The average molecular weight is 290 g/mol. The van der Waals surface area contributed by atoms with E-state index >= 15 is 0 Å². The fourth-order valence-corrected chi connectivity index (χ4v) is 3.41. The van der Waals surface area contributed by atoms with E-state index in [1.807, 2.05) is 18.2 Å². The van der Waals surface area contributed by atoms with Crippen LogP contribution in [0, 0.1) is 11.3 Å². The van der Waals surface area contributed by atoms with Crippen LogP contribution in [0.3, 0.4) is 0 Å². The Morgan fingerprint density at radius 2 is 1.90 bits per heavy atom. The van der Waals surface area contributed by atoms with Crippen molar-refractivity contribution < 1.29 is 14.3 Å². The van der Waals surface area contributed by atoms with Crippen LogP contribution < -0.4 is 9.47 Å². The Morgan fingerprint density at radius 3 is 2.52 bits per heavy atom. The van der Waals surface area contributed by atoms with Gasteiger partial charge in [-0.25, -0.2) is 0 Å². The maximum atomic E-state index is 12.7. The molecule has 1 aromatic carbocycles. The molecule has 1 aliphatic rings. The number of hydrogen-bond acceptors (Lipinski definition) is 3. The molecule has 0 bridgehead atoms. The molecule has 1 aromatic rings. The van der Waals surface area contributed by atoms with Crippen molar-refractivity contribution in [3.05, 3.63) is 23.8 Å². The second-order valence-corrected chi connectivity index (χ2v) is 6.62. The number of Topliss-reactive ketones (excluding diaryl/α,β-unsaturated/α-hetero) is 1. The summed E-state index contributed by atoms with van der Waals surface area (Å²) in [5.74, 6) is 1.92. The van der Waals surface area contributed by atoms with Crippen molar-refractivity contribution in [1.29, 1.82) is 0 Å². The van der Waals surface area contributed by atoms with E-state index in [9.17, 15) is 4.79 Å². The Labute approximate surface area is 127 Å². The third-order valence-electron chi connectivity index (χ3n) is 4.72. The van der Waals surface area contributed by atoms with E-state index in [1.54, 1.807) is 14.2 Å². The average Bonchev–Trinajstić information content (AvgIpc) is 2.46. The lowest BCUT2D eigenvalue weighted by Gasteiger charge is -2.37. The predicted octanol–water partition coefficient (Wildman–Crippen LogP) is 4.03. The zero-order valence-corrected chi connectivity index (χ0v) is 13.6. The van der Waals surface area contributed by atoms with Crippen LogP contribution in [0.5, 0.6) is 11.5 Å². The van der Waals surface area contributed by atoms with Gasteiger partial charge < -0.3 is 9.47 Å². The van der Waals surface area contributed by atoms with Crippen LogP contribution in [0.2, 0.25) is 0 Å². The maximum Gasteiger partial charge on any atom is 0.161 e. The number of carbonyl (C=O) groups is 1. The van der Waals surface area contributed by atoms with Gasteiger partial charge in [-0.2, -0.15) is 0 Å². The van der Waals surface area contributed by atoms with Crippen molar-refractivity contribution in [2.45, 2.75) is 46.0 Å². The number of benzene rings is 1. The third-order valence-corrected chi connectivity index (χ3v) is 4.72. The molecule has 0 radical (unpaired) electrons. The van der Waals surface area contributed by atoms with E-state index in [2.05, 4.69) is 13.8 Å². The lowest BCUT2D eigenvalue weighted by Crippen LogP contribution is -2.34. The fourth-order valence-electron chi connectivity index (χ4n) is 3.41. The fraction of sp³-hybridized carbons (Fsp3) is 0.611. The quantitative estimate of drug-likeness (QED) is 0.821. The lowest BCUT2D eigenvalue weighted by atomic mass is 9.66. The molecular weight excluding hydrogens is 264 g/mol. The molecule has 1 fully saturated rings. The zero-order chi connectivity index (χ0) is 15.5. The highest BCUT2D eigenvalue weighted by atomic mass is 16.5. The van der Waals surface area contributed by atoms with Crippen LogP contribution >= 0.6 is 0 Å². The molecule has 0 aliphatic heterocycles. The molecule has 0 spiro atoms. The van der Waals surface area contributed by atoms with E-state index in [1.165, 1.54) is 12.8 Å². The first-order valence-electron chi connectivity index (χ1n) is 7.71. The van der Waals surface area contributed by atoms with Gasteiger partial charge in [-0.05, 0) is 36.0 Å². The van der Waals surface area contributed by atoms with Crippen molar-refractivity contribution in [3.8, 4) is 11.5 Å². The van der Waals surface area contributed by atoms with Crippen LogP contribution in [0.1, 0.15) is 45.1 Å². The Hall–Kier alpha value is -1.51. The van der Waals surface area contributed by atoms with Gasteiger partial charge in [0.15, 0.2) is 11.5 Å². The molecule has 3 heteroatoms. The first-order valence-corrected chi connectivity index (χ1v) is 7.71. The molecule has 0 aromatic heterocycles. The van der Waals surface area contributed by atoms with Crippen LogP contribution in [0.4, 0.5) is 0 Å². The monoisotopic (exact) mass is 290 g/mol. The highest BCUT2D eigenvalue weighted by Crippen LogP contribution is 2.41. The van der Waals surface area contributed by atoms with Crippen molar-refractivity contribution in [2.75, 3.05) is 14.2 Å². The highest BCUT2D eigenvalue weighted by molar-refractivity contribution is 5.84. The van der Waals surface area contributed by atoms with Gasteiger partial charge in [0.25, 0.3) is 0 Å². The van der Waals surface area contributed by atoms with E-state index in [-0.39, 0.29) is 11.3 Å². The van der Waals surface area contributed by atoms with Gasteiger partial charge in [0, 0.05) is 12.3 Å². The van der Waals surface area contributed by atoms with Gasteiger partial charge in [-0.1, -0.05) is 32.8 Å². The van der Waals surface area contributed by atoms with Gasteiger partial charge >= 0.3 is 0 Å². The maximum absolute atomic E-state index is 12.7. The molecule has 21 heavy (non-hydrogen) atoms. The number of methoxy groups -OCH3 is 2. The largest absolute Gasteiger partial charge is 0.493 e. The smallest absolute Gasteiger partial charge is 0.161 e. The minimum atomic E-state index is 0.131. The van der Waals surface area contributed by atoms with Gasteiger partial charge in [-0.15, -0.1) is 0 Å². The molecule has 1 saturated carbocycles. The predicted molar refractivity (Wildman–Crippen MR) is 84.0 cm³/mol. The normalized spacial score (nSPS) is 20.9. The Morgan fingerprint density at radius 1 is 1.19 bits per heavy atom. The summed E-state index contributed by atoms with van der Waals surface area (Å²) in [7, 11) is 3.24. The summed E-state index contributed by atoms with van der Waals surface area (Å²) >= 11 is 0. The van der Waals surface area contributed by atoms with Crippen molar-refractivity contribution in [1.82, 2.24) is 0 Å².